The number of β-amino-alcohol motifs (C(OH)–C–C–N with tert-alkyl or cyclic N) is 1. The van der Waals surface area contributed by atoms with E-state index in [1.165, 1.54) is 13.2 Å². The summed E-state index contributed by atoms with van der Waals surface area (Å²) < 4.78 is 18.9. The van der Waals surface area contributed by atoms with Gasteiger partial charge in [0.25, 0.3) is 0 Å². The van der Waals surface area contributed by atoms with Gasteiger partial charge in [0.1, 0.15) is 0 Å². The Hall–Kier alpha value is -1.43. The number of aliphatic hydroxyl groups is 1. The maximum absolute atomic E-state index is 13.7. The van der Waals surface area contributed by atoms with E-state index < -0.39 is 0 Å². The molecular weight excluding hydrogens is 271 g/mol. The smallest absolute Gasteiger partial charge is 0.165 e. The second kappa shape index (κ2) is 7.54. The lowest BCUT2D eigenvalue weighted by atomic mass is 9.98. The fraction of sp³-hybridized carbons (Fsp3) is 0.500. The summed E-state index contributed by atoms with van der Waals surface area (Å²) in [5.41, 5.74) is 7.35. The van der Waals surface area contributed by atoms with Gasteiger partial charge in [-0.15, -0.1) is 0 Å². The molecule has 1 aromatic carbocycles. The van der Waals surface area contributed by atoms with Crippen LogP contribution in [0.1, 0.15) is 18.4 Å². The van der Waals surface area contributed by atoms with Crippen molar-refractivity contribution in [3.05, 3.63) is 35.7 Å². The van der Waals surface area contributed by atoms with Crippen LogP contribution in [0.3, 0.4) is 0 Å². The van der Waals surface area contributed by atoms with E-state index in [-0.39, 0.29) is 11.9 Å². The molecule has 116 valence electrons. The first-order chi connectivity index (χ1) is 10.2. The number of hydrogen-bond donors (Lipinski definition) is 2. The minimum atomic E-state index is -0.381. The Bertz CT molecular complexity index is 505. The van der Waals surface area contributed by atoms with E-state index in [0.717, 1.165) is 30.6 Å². The van der Waals surface area contributed by atoms with Crippen LogP contribution < -0.4 is 10.5 Å². The van der Waals surface area contributed by atoms with Gasteiger partial charge in [0, 0.05) is 25.2 Å². The highest BCUT2D eigenvalue weighted by atomic mass is 19.1. The number of ether oxygens (including phenoxy) is 1. The Morgan fingerprint density at radius 3 is 2.90 bits per heavy atom. The molecule has 1 unspecified atom stereocenters. The van der Waals surface area contributed by atoms with Gasteiger partial charge in [0.15, 0.2) is 11.6 Å². The van der Waals surface area contributed by atoms with Crippen LogP contribution in [0, 0.1) is 5.82 Å². The van der Waals surface area contributed by atoms with Crippen molar-refractivity contribution >= 4 is 5.57 Å². The molecule has 21 heavy (non-hydrogen) atoms. The molecule has 0 amide bonds. The van der Waals surface area contributed by atoms with Crippen LogP contribution in [-0.4, -0.2) is 49.4 Å². The molecule has 4 nitrogen and oxygen atoms in total. The first-order valence-electron chi connectivity index (χ1n) is 7.28. The Labute approximate surface area is 125 Å². The highest BCUT2D eigenvalue weighted by Crippen LogP contribution is 2.32. The molecule has 0 spiro atoms. The molecule has 0 bridgehead atoms. The van der Waals surface area contributed by atoms with Crippen molar-refractivity contribution in [3.8, 4) is 5.75 Å². The van der Waals surface area contributed by atoms with Crippen molar-refractivity contribution < 1.29 is 14.2 Å². The lowest BCUT2D eigenvalue weighted by Gasteiger charge is -2.28. The van der Waals surface area contributed by atoms with Crippen LogP contribution >= 0.6 is 0 Å². The normalized spacial score (nSPS) is 17.4. The predicted molar refractivity (Wildman–Crippen MR) is 81.7 cm³/mol. The highest BCUT2D eigenvalue weighted by molar-refractivity contribution is 5.71. The van der Waals surface area contributed by atoms with Gasteiger partial charge in [-0.2, -0.15) is 0 Å². The SMILES string of the molecule is COc1c(F)cccc1C1=CCN(CC(O)CCN)CC1. The summed E-state index contributed by atoms with van der Waals surface area (Å²) in [5, 5.41) is 9.79. The summed E-state index contributed by atoms with van der Waals surface area (Å²) in [6.45, 7) is 2.71. The van der Waals surface area contributed by atoms with Crippen molar-refractivity contribution in [2.45, 2.75) is 18.9 Å². The number of aliphatic hydroxyl groups excluding tert-OH is 1. The standard InChI is InChI=1S/C16H23FN2O2/c1-21-16-14(3-2-4-15(16)17)12-6-9-19(10-7-12)11-13(20)5-8-18/h2-4,6,13,20H,5,7-11,18H2,1H3. The van der Waals surface area contributed by atoms with E-state index in [1.54, 1.807) is 6.07 Å². The van der Waals surface area contributed by atoms with E-state index in [2.05, 4.69) is 11.0 Å². The Kier molecular flexibility index (Phi) is 5.73. The van der Waals surface area contributed by atoms with Crippen molar-refractivity contribution in [2.75, 3.05) is 33.3 Å². The van der Waals surface area contributed by atoms with Crippen molar-refractivity contribution in [1.29, 1.82) is 0 Å². The Balaban J connectivity index is 2.05. The molecule has 3 N–H and O–H groups in total. The average molecular weight is 294 g/mol. The topological polar surface area (TPSA) is 58.7 Å². The van der Waals surface area contributed by atoms with E-state index in [0.29, 0.717) is 25.3 Å². The number of rotatable bonds is 6. The molecule has 1 aromatic rings. The molecule has 0 saturated heterocycles. The molecule has 0 fully saturated rings. The molecule has 1 aliphatic heterocycles. The van der Waals surface area contributed by atoms with Crippen LogP contribution in [0.15, 0.2) is 24.3 Å². The molecule has 1 heterocycles. The molecule has 0 saturated carbocycles. The highest BCUT2D eigenvalue weighted by Gasteiger charge is 2.19. The number of methoxy groups -OCH3 is 1. The summed E-state index contributed by atoms with van der Waals surface area (Å²) in [5.74, 6) is -0.0305. The molecule has 0 aliphatic carbocycles. The van der Waals surface area contributed by atoms with E-state index in [4.69, 9.17) is 10.5 Å². The van der Waals surface area contributed by atoms with Crippen LogP contribution in [-0.2, 0) is 0 Å². The molecule has 1 atom stereocenters. The first-order valence-corrected chi connectivity index (χ1v) is 7.28. The number of benzene rings is 1. The number of hydrogen-bond acceptors (Lipinski definition) is 4. The van der Waals surface area contributed by atoms with Crippen LogP contribution in [0.2, 0.25) is 0 Å². The van der Waals surface area contributed by atoms with E-state index in [9.17, 15) is 9.50 Å². The zero-order valence-corrected chi connectivity index (χ0v) is 12.4. The number of nitrogens with zero attached hydrogens (tertiary/aromatic N) is 1. The summed E-state index contributed by atoms with van der Waals surface area (Å²) in [6.07, 6.45) is 3.13. The summed E-state index contributed by atoms with van der Waals surface area (Å²) in [4.78, 5) is 2.18. The van der Waals surface area contributed by atoms with E-state index in [1.807, 2.05) is 6.07 Å². The fourth-order valence-corrected chi connectivity index (χ4v) is 2.67. The molecule has 0 radical (unpaired) electrons. The summed E-state index contributed by atoms with van der Waals surface area (Å²) in [6, 6.07) is 4.99. The fourth-order valence-electron chi connectivity index (χ4n) is 2.67. The number of nitrogens with two attached hydrogens (primary N) is 1. The van der Waals surface area contributed by atoms with Gasteiger partial charge in [0.2, 0.25) is 0 Å². The minimum absolute atomic E-state index is 0.306. The van der Waals surface area contributed by atoms with Crippen LogP contribution in [0.5, 0.6) is 5.75 Å². The van der Waals surface area contributed by atoms with Gasteiger partial charge < -0.3 is 15.6 Å². The second-order valence-corrected chi connectivity index (χ2v) is 5.29. The summed E-state index contributed by atoms with van der Waals surface area (Å²) in [7, 11) is 1.49. The zero-order valence-electron chi connectivity index (χ0n) is 12.4. The van der Waals surface area contributed by atoms with Crippen LogP contribution in [0.25, 0.3) is 5.57 Å². The lowest BCUT2D eigenvalue weighted by molar-refractivity contribution is 0.113. The number of para-hydroxylation sites is 1. The molecule has 5 heteroatoms. The largest absolute Gasteiger partial charge is 0.493 e. The van der Waals surface area contributed by atoms with Crippen molar-refractivity contribution in [1.82, 2.24) is 4.90 Å². The van der Waals surface area contributed by atoms with Crippen molar-refractivity contribution in [2.24, 2.45) is 5.73 Å². The molecule has 2 rings (SSSR count). The summed E-state index contributed by atoms with van der Waals surface area (Å²) >= 11 is 0. The Morgan fingerprint density at radius 1 is 1.48 bits per heavy atom. The maximum atomic E-state index is 13.7. The Morgan fingerprint density at radius 2 is 2.29 bits per heavy atom. The zero-order chi connectivity index (χ0) is 15.2. The van der Waals surface area contributed by atoms with E-state index >= 15 is 0 Å². The molecule has 1 aliphatic rings. The lowest BCUT2D eigenvalue weighted by Crippen LogP contribution is -2.36. The third-order valence-electron chi connectivity index (χ3n) is 3.78. The predicted octanol–water partition coefficient (Wildman–Crippen LogP) is 1.63. The van der Waals surface area contributed by atoms with Gasteiger partial charge in [-0.05, 0) is 31.0 Å². The third-order valence-corrected chi connectivity index (χ3v) is 3.78. The second-order valence-electron chi connectivity index (χ2n) is 5.29. The van der Waals surface area contributed by atoms with Gasteiger partial charge in [0.05, 0.1) is 13.2 Å². The van der Waals surface area contributed by atoms with Gasteiger partial charge >= 0.3 is 0 Å². The number of halogens is 1. The van der Waals surface area contributed by atoms with Crippen molar-refractivity contribution in [3.63, 3.8) is 0 Å². The average Bonchev–Trinajstić information content (AvgIpc) is 2.48. The maximum Gasteiger partial charge on any atom is 0.165 e. The monoisotopic (exact) mass is 294 g/mol. The van der Waals surface area contributed by atoms with Crippen LogP contribution in [0.4, 0.5) is 4.39 Å². The molecule has 0 aromatic heterocycles. The quantitative estimate of drug-likeness (QED) is 0.837. The first kappa shape index (κ1) is 15.9. The third kappa shape index (κ3) is 4.03. The van der Waals surface area contributed by atoms with Gasteiger partial charge in [-0.25, -0.2) is 4.39 Å². The van der Waals surface area contributed by atoms with Gasteiger partial charge in [-0.3, -0.25) is 4.90 Å². The minimum Gasteiger partial charge on any atom is -0.493 e. The molecular formula is C16H23FN2O2. The van der Waals surface area contributed by atoms with Gasteiger partial charge in [-0.1, -0.05) is 18.2 Å².